The second-order valence-electron chi connectivity index (χ2n) is 2.08. The molecule has 2 N–H and O–H groups in total. The van der Waals surface area contributed by atoms with E-state index in [1.807, 2.05) is 0 Å². The summed E-state index contributed by atoms with van der Waals surface area (Å²) >= 11 is 0. The molecule has 0 aliphatic heterocycles. The number of esters is 1. The molecule has 0 saturated carbocycles. The summed E-state index contributed by atoms with van der Waals surface area (Å²) in [7, 11) is 0. The van der Waals surface area contributed by atoms with Gasteiger partial charge >= 0.3 is 5.97 Å². The Hall–Kier alpha value is -0.900. The average Bonchev–Trinajstić information content (AvgIpc) is 2.02. The minimum absolute atomic E-state index is 0.170. The van der Waals surface area contributed by atoms with Gasteiger partial charge in [0.2, 0.25) is 0 Å². The number of ether oxygens (including phenoxy) is 1. The molecule has 0 rings (SSSR count). The Balaban J connectivity index is 4.02. The summed E-state index contributed by atoms with van der Waals surface area (Å²) in [6.07, 6.45) is 0.307. The zero-order valence-electron chi connectivity index (χ0n) is 6.63. The van der Waals surface area contributed by atoms with Gasteiger partial charge in [-0.2, -0.15) is 0 Å². The van der Waals surface area contributed by atoms with Crippen molar-refractivity contribution < 1.29 is 13.9 Å². The first-order valence-electron chi connectivity index (χ1n) is 3.32. The van der Waals surface area contributed by atoms with Gasteiger partial charge in [-0.25, -0.2) is 4.39 Å². The Kier molecular flexibility index (Phi) is 4.45. The molecule has 0 saturated heterocycles. The van der Waals surface area contributed by atoms with E-state index in [0.29, 0.717) is 6.33 Å². The van der Waals surface area contributed by atoms with Crippen LogP contribution in [0.4, 0.5) is 4.39 Å². The van der Waals surface area contributed by atoms with Gasteiger partial charge in [0.15, 0.2) is 0 Å². The first-order chi connectivity index (χ1) is 5.13. The lowest BCUT2D eigenvalue weighted by Gasteiger charge is -2.08. The van der Waals surface area contributed by atoms with Gasteiger partial charge in [-0.3, -0.25) is 4.79 Å². The molecule has 0 bridgehead atoms. The molecule has 0 aromatic carbocycles. The number of hydrogen-bond acceptors (Lipinski definition) is 3. The molecule has 0 heterocycles. The Bertz CT molecular complexity index is 168. The highest BCUT2D eigenvalue weighted by atomic mass is 19.1. The minimum Gasteiger partial charge on any atom is -0.465 e. The maximum absolute atomic E-state index is 11.8. The van der Waals surface area contributed by atoms with Crippen LogP contribution in [0.2, 0.25) is 0 Å². The molecule has 0 radical (unpaired) electrons. The van der Waals surface area contributed by atoms with E-state index in [9.17, 15) is 9.18 Å². The summed E-state index contributed by atoms with van der Waals surface area (Å²) in [5.41, 5.74) is 5.44. The van der Waals surface area contributed by atoms with E-state index in [0.717, 1.165) is 0 Å². The molecule has 0 amide bonds. The van der Waals surface area contributed by atoms with Crippen molar-refractivity contribution in [1.29, 1.82) is 0 Å². The van der Waals surface area contributed by atoms with Crippen molar-refractivity contribution in [2.75, 3.05) is 6.61 Å². The predicted octanol–water partition coefficient (Wildman–Crippen LogP) is 0.750. The Morgan fingerprint density at radius 1 is 1.82 bits per heavy atom. The lowest BCUT2D eigenvalue weighted by Crippen LogP contribution is -2.33. The molecule has 1 unspecified atom stereocenters. The Morgan fingerprint density at radius 3 is 2.73 bits per heavy atom. The van der Waals surface area contributed by atoms with Crippen molar-refractivity contribution >= 4 is 5.97 Å². The van der Waals surface area contributed by atoms with Gasteiger partial charge in [0.25, 0.3) is 0 Å². The first-order valence-corrected chi connectivity index (χ1v) is 3.32. The highest BCUT2D eigenvalue weighted by Gasteiger charge is 2.15. The summed E-state index contributed by atoms with van der Waals surface area (Å²) in [6.45, 7) is 3.35. The third-order valence-electron chi connectivity index (χ3n) is 1.20. The molecule has 0 spiro atoms. The van der Waals surface area contributed by atoms with Crippen LogP contribution in [0.3, 0.4) is 0 Å². The summed E-state index contributed by atoms with van der Waals surface area (Å²) in [6, 6.07) is -0.972. The van der Waals surface area contributed by atoms with Crippen LogP contribution in [0.5, 0.6) is 0 Å². The van der Waals surface area contributed by atoms with Gasteiger partial charge < -0.3 is 10.5 Å². The number of halogens is 1. The van der Waals surface area contributed by atoms with Gasteiger partial charge in [-0.05, 0) is 19.4 Å². The van der Waals surface area contributed by atoms with Crippen molar-refractivity contribution in [1.82, 2.24) is 0 Å². The summed E-state index contributed by atoms with van der Waals surface area (Å²) in [5.74, 6) is -0.598. The topological polar surface area (TPSA) is 52.3 Å². The summed E-state index contributed by atoms with van der Waals surface area (Å²) in [5, 5.41) is 0. The predicted molar refractivity (Wildman–Crippen MR) is 39.5 cm³/mol. The van der Waals surface area contributed by atoms with E-state index >= 15 is 0 Å². The molecule has 4 heteroatoms. The molecule has 3 nitrogen and oxygen atoms in total. The molecular formula is C7H12FNO2. The fourth-order valence-electron chi connectivity index (χ4n) is 0.486. The monoisotopic (exact) mass is 161 g/mol. The first kappa shape index (κ1) is 10.1. The largest absolute Gasteiger partial charge is 0.465 e. The maximum atomic E-state index is 11.8. The van der Waals surface area contributed by atoms with Crippen LogP contribution in [-0.2, 0) is 9.53 Å². The Morgan fingerprint density at radius 2 is 2.36 bits per heavy atom. The van der Waals surface area contributed by atoms with Crippen molar-refractivity contribution in [3.63, 3.8) is 0 Å². The molecule has 0 aliphatic rings. The molecule has 0 aromatic rings. The van der Waals surface area contributed by atoms with Crippen LogP contribution in [0.1, 0.15) is 13.8 Å². The van der Waals surface area contributed by atoms with E-state index in [1.54, 1.807) is 6.92 Å². The standard InChI is InChI=1S/C7H12FNO2/c1-3-11-7(10)6(9)5(2)4-8/h4,6H,3,9H2,1-2H3/b5-4+. The molecule has 0 aliphatic carbocycles. The SMILES string of the molecule is CCOC(=O)C(N)/C(C)=C/F. The van der Waals surface area contributed by atoms with Gasteiger partial charge in [0, 0.05) is 0 Å². The number of carbonyl (C=O) groups excluding carboxylic acids is 1. The van der Waals surface area contributed by atoms with Gasteiger partial charge in [0.1, 0.15) is 6.04 Å². The van der Waals surface area contributed by atoms with Crippen LogP contribution in [-0.4, -0.2) is 18.6 Å². The van der Waals surface area contributed by atoms with Gasteiger partial charge in [0.05, 0.1) is 12.9 Å². The normalized spacial score (nSPS) is 14.4. The lowest BCUT2D eigenvalue weighted by molar-refractivity contribution is -0.143. The molecule has 1 atom stereocenters. The molecular weight excluding hydrogens is 149 g/mol. The zero-order chi connectivity index (χ0) is 8.85. The number of rotatable bonds is 3. The lowest BCUT2D eigenvalue weighted by atomic mass is 10.2. The van der Waals surface area contributed by atoms with E-state index in [4.69, 9.17) is 5.73 Å². The van der Waals surface area contributed by atoms with Crippen molar-refractivity contribution in [2.24, 2.45) is 5.73 Å². The average molecular weight is 161 g/mol. The molecule has 0 aromatic heterocycles. The molecule has 11 heavy (non-hydrogen) atoms. The third kappa shape index (κ3) is 3.13. The second-order valence-corrected chi connectivity index (χ2v) is 2.08. The van der Waals surface area contributed by atoms with Crippen LogP contribution >= 0.6 is 0 Å². The quantitative estimate of drug-likeness (QED) is 0.621. The summed E-state index contributed by atoms with van der Waals surface area (Å²) < 4.78 is 16.3. The van der Waals surface area contributed by atoms with E-state index < -0.39 is 12.0 Å². The van der Waals surface area contributed by atoms with Crippen LogP contribution in [0.15, 0.2) is 11.9 Å². The third-order valence-corrected chi connectivity index (χ3v) is 1.20. The van der Waals surface area contributed by atoms with Gasteiger partial charge in [-0.1, -0.05) is 0 Å². The second kappa shape index (κ2) is 4.85. The van der Waals surface area contributed by atoms with E-state index in [-0.39, 0.29) is 12.2 Å². The zero-order valence-corrected chi connectivity index (χ0v) is 6.63. The number of carbonyl (C=O) groups is 1. The minimum atomic E-state index is -0.972. The highest BCUT2D eigenvalue weighted by Crippen LogP contribution is 2.00. The Labute approximate surface area is 65.0 Å². The fourth-order valence-corrected chi connectivity index (χ4v) is 0.486. The van der Waals surface area contributed by atoms with Crippen molar-refractivity contribution in [3.05, 3.63) is 11.9 Å². The van der Waals surface area contributed by atoms with Gasteiger partial charge in [-0.15, -0.1) is 0 Å². The van der Waals surface area contributed by atoms with E-state index in [1.165, 1.54) is 6.92 Å². The highest BCUT2D eigenvalue weighted by molar-refractivity contribution is 5.78. The molecule has 64 valence electrons. The smallest absolute Gasteiger partial charge is 0.327 e. The maximum Gasteiger partial charge on any atom is 0.327 e. The summed E-state index contributed by atoms with van der Waals surface area (Å²) in [4.78, 5) is 10.8. The van der Waals surface area contributed by atoms with E-state index in [2.05, 4.69) is 4.74 Å². The number of hydrogen-bond donors (Lipinski definition) is 1. The molecule has 0 fully saturated rings. The van der Waals surface area contributed by atoms with Crippen LogP contribution in [0, 0.1) is 0 Å². The van der Waals surface area contributed by atoms with Crippen molar-refractivity contribution in [2.45, 2.75) is 19.9 Å². The number of nitrogens with two attached hydrogens (primary N) is 1. The van der Waals surface area contributed by atoms with Crippen molar-refractivity contribution in [3.8, 4) is 0 Å². The van der Waals surface area contributed by atoms with Crippen LogP contribution in [0.25, 0.3) is 0 Å². The van der Waals surface area contributed by atoms with Crippen LogP contribution < -0.4 is 5.73 Å². The fraction of sp³-hybridized carbons (Fsp3) is 0.571.